The summed E-state index contributed by atoms with van der Waals surface area (Å²) in [6.07, 6.45) is -16.5. The van der Waals surface area contributed by atoms with Crippen molar-refractivity contribution < 1.29 is 89.8 Å². The molecule has 108 heavy (non-hydrogen) atoms. The second kappa shape index (κ2) is 39.0. The summed E-state index contributed by atoms with van der Waals surface area (Å²) in [6.45, 7) is 15.7. The smallest absolute Gasteiger partial charge is 0.311 e. The summed E-state index contributed by atoms with van der Waals surface area (Å²) in [5.41, 5.74) is 1.78. The molecule has 3 fully saturated rings. The van der Waals surface area contributed by atoms with Crippen LogP contribution in [0.25, 0.3) is 0 Å². The summed E-state index contributed by atoms with van der Waals surface area (Å²) in [6, 6.07) is 73.4. The fourth-order valence-corrected chi connectivity index (χ4v) is 13.4. The number of thioether (sulfide) groups is 1. The first-order chi connectivity index (χ1) is 52.1. The number of esters is 3. The molecule has 0 aliphatic carbocycles. The molecule has 18 nitrogen and oxygen atoms in total. The van der Waals surface area contributed by atoms with E-state index in [1.165, 1.54) is 23.9 Å². The molecule has 8 aromatic rings. The Morgan fingerprint density at radius 2 is 0.565 bits per heavy atom. The van der Waals surface area contributed by atoms with E-state index >= 15 is 0 Å². The predicted octanol–water partition coefficient (Wildman–Crippen LogP) is 15.7. The zero-order chi connectivity index (χ0) is 76.1. The molecule has 8 aromatic carbocycles. The highest BCUT2D eigenvalue weighted by Gasteiger charge is 2.56. The third kappa shape index (κ3) is 23.5. The quantitative estimate of drug-likeness (QED) is 0.0278. The average Bonchev–Trinajstić information content (AvgIpc) is 0.756. The van der Waals surface area contributed by atoms with Crippen molar-refractivity contribution in [1.29, 1.82) is 0 Å². The number of halogens is 1. The number of rotatable bonds is 33. The van der Waals surface area contributed by atoms with Gasteiger partial charge in [-0.15, -0.1) is 0 Å². The van der Waals surface area contributed by atoms with Crippen molar-refractivity contribution in [2.24, 2.45) is 16.2 Å². The zero-order valence-corrected chi connectivity index (χ0v) is 63.7. The SMILES string of the molecule is CC(C)(C)C(=O)O[C@@H]1[C@@H](OCc2ccccc2)[C@H](OCc2ccccc2)[C@@H](CO[C@@H]2O[C@H](CO[C@@H]3O[C@H](COCc4ccccc4)[C@@H](OCc4ccccc4)[C@H](OCc4ccccc4)[C@H]3OC(=O)C(C)(C)C)[C@@H](OCc3ccccc3)[C@H](OCc3ccccc3)[C@H]2OC(=O)C(C)(C)C)O[C@H]1Sc1ccc(F)cc1. The third-order valence-corrected chi connectivity index (χ3v) is 19.5. The molecule has 0 unspecified atom stereocenters. The van der Waals surface area contributed by atoms with E-state index in [2.05, 4.69) is 0 Å². The predicted molar refractivity (Wildman–Crippen MR) is 404 cm³/mol. The molecule has 0 bridgehead atoms. The highest BCUT2D eigenvalue weighted by Crippen LogP contribution is 2.42. The molecule has 574 valence electrons. The number of benzene rings is 8. The van der Waals surface area contributed by atoms with Crippen LogP contribution in [0.2, 0.25) is 0 Å². The van der Waals surface area contributed by atoms with E-state index in [0.717, 1.165) is 38.9 Å². The van der Waals surface area contributed by atoms with Crippen LogP contribution in [0.5, 0.6) is 0 Å². The molecular weight excluding hydrogens is 1400 g/mol. The van der Waals surface area contributed by atoms with Gasteiger partial charge in [-0.3, -0.25) is 14.4 Å². The Kier molecular flexibility index (Phi) is 29.3. The van der Waals surface area contributed by atoms with Gasteiger partial charge in [0.25, 0.3) is 0 Å². The third-order valence-electron chi connectivity index (χ3n) is 18.4. The number of hydrogen-bond donors (Lipinski definition) is 0. The first-order valence-corrected chi connectivity index (χ1v) is 37.8. The number of ether oxygens (including phenoxy) is 15. The lowest BCUT2D eigenvalue weighted by Crippen LogP contribution is -2.65. The van der Waals surface area contributed by atoms with Crippen molar-refractivity contribution in [3.63, 3.8) is 0 Å². The van der Waals surface area contributed by atoms with Crippen molar-refractivity contribution in [3.05, 3.63) is 281 Å². The Bertz CT molecular complexity index is 3980. The molecule has 3 saturated heterocycles. The lowest BCUT2D eigenvalue weighted by molar-refractivity contribution is -0.350. The Morgan fingerprint density at radius 1 is 0.306 bits per heavy atom. The zero-order valence-electron chi connectivity index (χ0n) is 62.9. The van der Waals surface area contributed by atoms with Gasteiger partial charge in [0.1, 0.15) is 66.2 Å². The Labute approximate surface area is 638 Å². The molecule has 20 heteroatoms. The lowest BCUT2D eigenvalue weighted by Gasteiger charge is -2.49. The lowest BCUT2D eigenvalue weighted by atomic mass is 9.94. The fourth-order valence-electron chi connectivity index (χ4n) is 12.3. The van der Waals surface area contributed by atoms with Crippen LogP contribution < -0.4 is 0 Å². The van der Waals surface area contributed by atoms with Crippen LogP contribution in [-0.4, -0.2) is 129 Å². The van der Waals surface area contributed by atoms with Gasteiger partial charge in [-0.25, -0.2) is 4.39 Å². The van der Waals surface area contributed by atoms with Crippen LogP contribution in [0.3, 0.4) is 0 Å². The highest BCUT2D eigenvalue weighted by molar-refractivity contribution is 7.99. The Hall–Kier alpha value is -8.03. The maximum atomic E-state index is 14.9. The van der Waals surface area contributed by atoms with E-state index in [0.29, 0.717) is 4.90 Å². The summed E-state index contributed by atoms with van der Waals surface area (Å²) in [7, 11) is 0. The van der Waals surface area contributed by atoms with Crippen LogP contribution in [0.1, 0.15) is 101 Å². The standard InChI is InChI=1S/C88H101FO18S/c1-86(2,3)83(90)105-77-74(97-53-63-39-25-14-26-40-63)71(94-50-60-33-19-11-20-34-60)68(56-93-49-59-31-17-10-18-32-59)102-80(77)100-57-69-72(95-51-61-35-21-12-22-36-61)75(98-54-64-41-27-15-28-42-64)78(106-84(91)87(4,5)6)81(103-69)101-58-70-73(96-52-62-37-23-13-24-38-62)76(99-55-65-43-29-16-30-44-65)79(107-85(92)88(7,8)9)82(104-70)108-67-47-45-66(89)46-48-67/h10-48,68-82H,49-58H2,1-9H3/t68-,69-,70-,71-,72-,73-,74+,75+,76+,77-,78-,79-,80-,81-,82+/m1/s1. The van der Waals surface area contributed by atoms with Crippen LogP contribution >= 0.6 is 11.8 Å². The largest absolute Gasteiger partial charge is 0.455 e. The van der Waals surface area contributed by atoms with Crippen LogP contribution in [0, 0.1) is 22.1 Å². The van der Waals surface area contributed by atoms with Gasteiger partial charge in [-0.1, -0.05) is 224 Å². The van der Waals surface area contributed by atoms with Gasteiger partial charge < -0.3 is 71.1 Å². The van der Waals surface area contributed by atoms with Gasteiger partial charge in [0.05, 0.1) is 82.3 Å². The van der Waals surface area contributed by atoms with Crippen LogP contribution in [0.15, 0.2) is 241 Å². The fraction of sp³-hybridized carbons (Fsp3) is 0.420. The minimum absolute atomic E-state index is 0.00509. The first kappa shape index (κ1) is 81.0. The van der Waals surface area contributed by atoms with E-state index in [1.807, 2.05) is 212 Å². The molecule has 0 spiro atoms. The molecule has 0 amide bonds. The topological polar surface area (TPSA) is 190 Å². The summed E-state index contributed by atoms with van der Waals surface area (Å²) in [4.78, 5) is 44.6. The van der Waals surface area contributed by atoms with Crippen molar-refractivity contribution in [2.75, 3.05) is 19.8 Å². The molecule has 3 aliphatic rings. The normalized spacial score (nSPS) is 24.7. The molecule has 11 rings (SSSR count). The average molecular weight is 1500 g/mol. The van der Waals surface area contributed by atoms with E-state index in [1.54, 1.807) is 74.4 Å². The van der Waals surface area contributed by atoms with Gasteiger partial charge in [0.2, 0.25) is 0 Å². The monoisotopic (exact) mass is 1500 g/mol. The van der Waals surface area contributed by atoms with Gasteiger partial charge in [0, 0.05) is 4.90 Å². The van der Waals surface area contributed by atoms with Gasteiger partial charge in [-0.2, -0.15) is 0 Å². The molecule has 15 atom stereocenters. The molecular formula is C88H101FO18S. The molecule has 0 N–H and O–H groups in total. The minimum Gasteiger partial charge on any atom is -0.455 e. The van der Waals surface area contributed by atoms with Gasteiger partial charge >= 0.3 is 17.9 Å². The number of carbonyl (C=O) groups is 3. The second-order valence-corrected chi connectivity index (χ2v) is 31.5. The summed E-state index contributed by atoms with van der Waals surface area (Å²) < 4.78 is 120. The summed E-state index contributed by atoms with van der Waals surface area (Å²) in [5.74, 6) is -2.14. The van der Waals surface area contributed by atoms with Crippen molar-refractivity contribution in [1.82, 2.24) is 0 Å². The van der Waals surface area contributed by atoms with Crippen molar-refractivity contribution in [2.45, 2.75) is 205 Å². The first-order valence-electron chi connectivity index (χ1n) is 36.9. The Morgan fingerprint density at radius 3 is 0.870 bits per heavy atom. The molecule has 3 heterocycles. The minimum atomic E-state index is -1.53. The molecule has 3 aliphatic heterocycles. The molecule has 0 aromatic heterocycles. The van der Waals surface area contributed by atoms with E-state index in [4.69, 9.17) is 71.1 Å². The summed E-state index contributed by atoms with van der Waals surface area (Å²) >= 11 is 1.21. The maximum Gasteiger partial charge on any atom is 0.311 e. The van der Waals surface area contributed by atoms with Crippen molar-refractivity contribution in [3.8, 4) is 0 Å². The van der Waals surface area contributed by atoms with E-state index in [-0.39, 0.29) is 66.1 Å². The van der Waals surface area contributed by atoms with Crippen LogP contribution in [-0.2, 0) is 132 Å². The second-order valence-electron chi connectivity index (χ2n) is 30.3. The van der Waals surface area contributed by atoms with Crippen LogP contribution in [0.4, 0.5) is 4.39 Å². The molecule has 0 radical (unpaired) electrons. The van der Waals surface area contributed by atoms with E-state index < -0.39 is 131 Å². The van der Waals surface area contributed by atoms with Crippen molar-refractivity contribution >= 4 is 29.7 Å². The maximum absolute atomic E-state index is 14.9. The van der Waals surface area contributed by atoms with Gasteiger partial charge in [0.15, 0.2) is 30.9 Å². The van der Waals surface area contributed by atoms with Gasteiger partial charge in [-0.05, 0) is 126 Å². The van der Waals surface area contributed by atoms with E-state index in [9.17, 15) is 18.8 Å². The Balaban J connectivity index is 1.02. The molecule has 0 saturated carbocycles. The summed E-state index contributed by atoms with van der Waals surface area (Å²) in [5, 5.41) is 0. The number of carbonyl (C=O) groups excluding carboxylic acids is 3. The highest BCUT2D eigenvalue weighted by atomic mass is 32.2. The number of hydrogen-bond acceptors (Lipinski definition) is 19.